The molecule has 1 atom stereocenters. The summed E-state index contributed by atoms with van der Waals surface area (Å²) in [5.41, 5.74) is 1.34. The monoisotopic (exact) mass is 339 g/mol. The Kier molecular flexibility index (Phi) is 6.37. The first-order valence-electron chi connectivity index (χ1n) is 7.75. The van der Waals surface area contributed by atoms with E-state index in [2.05, 4.69) is 40.4 Å². The van der Waals surface area contributed by atoms with E-state index in [-0.39, 0.29) is 0 Å². The highest BCUT2D eigenvalue weighted by atomic mass is 79.9. The number of hydrogen-bond acceptors (Lipinski definition) is 2. The van der Waals surface area contributed by atoms with Crippen LogP contribution in [-0.4, -0.2) is 14.2 Å². The Labute approximate surface area is 131 Å². The molecule has 20 heavy (non-hydrogen) atoms. The Balaban J connectivity index is 1.94. The smallest absolute Gasteiger partial charge is 0.133 e. The molecule has 112 valence electrons. The number of ether oxygens (including phenoxy) is 1. The highest BCUT2D eigenvalue weighted by Crippen LogP contribution is 2.32. The molecule has 1 N–H and O–H groups in total. The summed E-state index contributed by atoms with van der Waals surface area (Å²) in [6.07, 6.45) is 9.74. The van der Waals surface area contributed by atoms with Crippen LogP contribution in [0.1, 0.15) is 56.6 Å². The molecule has 0 heterocycles. The molecule has 0 bridgehead atoms. The zero-order valence-electron chi connectivity index (χ0n) is 12.6. The van der Waals surface area contributed by atoms with E-state index in [4.69, 9.17) is 4.74 Å². The van der Waals surface area contributed by atoms with Gasteiger partial charge in [-0.25, -0.2) is 0 Å². The van der Waals surface area contributed by atoms with E-state index >= 15 is 0 Å². The minimum Gasteiger partial charge on any atom is -0.496 e. The van der Waals surface area contributed by atoms with Crippen LogP contribution >= 0.6 is 15.9 Å². The fourth-order valence-corrected chi connectivity index (χ4v) is 3.81. The molecule has 0 radical (unpaired) electrons. The van der Waals surface area contributed by atoms with E-state index < -0.39 is 0 Å². The average molecular weight is 340 g/mol. The van der Waals surface area contributed by atoms with Crippen LogP contribution in [0.2, 0.25) is 0 Å². The lowest BCUT2D eigenvalue weighted by Gasteiger charge is -2.24. The van der Waals surface area contributed by atoms with Crippen molar-refractivity contribution in [3.8, 4) is 5.75 Å². The Bertz CT molecular complexity index is 415. The minimum absolute atomic E-state index is 0.444. The van der Waals surface area contributed by atoms with E-state index in [1.807, 2.05) is 6.07 Å². The van der Waals surface area contributed by atoms with Gasteiger partial charge in [-0.2, -0.15) is 0 Å². The van der Waals surface area contributed by atoms with Gasteiger partial charge in [-0.3, -0.25) is 0 Å². The molecule has 2 nitrogen and oxygen atoms in total. The molecule has 3 heteroatoms. The van der Waals surface area contributed by atoms with E-state index in [1.165, 1.54) is 50.5 Å². The molecular formula is C17H26BrNO. The van der Waals surface area contributed by atoms with Crippen molar-refractivity contribution < 1.29 is 4.74 Å². The zero-order chi connectivity index (χ0) is 14.4. The summed E-state index contributed by atoms with van der Waals surface area (Å²) in [5, 5.41) is 3.46. The minimum atomic E-state index is 0.444. The van der Waals surface area contributed by atoms with Gasteiger partial charge in [0, 0.05) is 6.04 Å². The lowest BCUT2D eigenvalue weighted by Crippen LogP contribution is -2.18. The van der Waals surface area contributed by atoms with Gasteiger partial charge in [-0.05, 0) is 59.4 Å². The second-order valence-electron chi connectivity index (χ2n) is 5.82. The summed E-state index contributed by atoms with van der Waals surface area (Å²) in [6, 6.07) is 6.84. The molecule has 1 aromatic rings. The number of benzene rings is 1. The standard InChI is InChI=1S/C17H26BrNO/c1-19-16(10-8-13-6-4-3-5-7-13)14-9-11-17(20-2)15(18)12-14/h9,11-13,16,19H,3-8,10H2,1-2H3. The normalized spacial score (nSPS) is 17.9. The molecule has 2 rings (SSSR count). The maximum atomic E-state index is 5.30. The lowest BCUT2D eigenvalue weighted by atomic mass is 9.84. The van der Waals surface area contributed by atoms with Gasteiger partial charge in [0.15, 0.2) is 0 Å². The van der Waals surface area contributed by atoms with E-state index in [1.54, 1.807) is 7.11 Å². The van der Waals surface area contributed by atoms with Crippen LogP contribution < -0.4 is 10.1 Å². The maximum absolute atomic E-state index is 5.30. The second kappa shape index (κ2) is 8.04. The Morgan fingerprint density at radius 1 is 1.30 bits per heavy atom. The Hall–Kier alpha value is -0.540. The molecule has 0 aromatic heterocycles. The van der Waals surface area contributed by atoms with Crippen molar-refractivity contribution in [3.05, 3.63) is 28.2 Å². The van der Waals surface area contributed by atoms with Gasteiger partial charge < -0.3 is 10.1 Å². The van der Waals surface area contributed by atoms with Crippen LogP contribution in [-0.2, 0) is 0 Å². The maximum Gasteiger partial charge on any atom is 0.133 e. The van der Waals surface area contributed by atoms with E-state index in [0.29, 0.717) is 6.04 Å². The molecule has 1 aromatic carbocycles. The first-order chi connectivity index (χ1) is 9.74. The van der Waals surface area contributed by atoms with Crippen molar-refractivity contribution in [2.45, 2.75) is 51.0 Å². The van der Waals surface area contributed by atoms with Crippen LogP contribution in [0, 0.1) is 5.92 Å². The summed E-state index contributed by atoms with van der Waals surface area (Å²) in [6.45, 7) is 0. The lowest BCUT2D eigenvalue weighted by molar-refractivity contribution is 0.317. The molecule has 0 saturated heterocycles. The number of nitrogens with one attached hydrogen (secondary N) is 1. The molecule has 0 amide bonds. The quantitative estimate of drug-likeness (QED) is 0.780. The van der Waals surface area contributed by atoms with Gasteiger partial charge in [0.05, 0.1) is 11.6 Å². The highest BCUT2D eigenvalue weighted by molar-refractivity contribution is 9.10. The van der Waals surface area contributed by atoms with Crippen LogP contribution in [0.5, 0.6) is 5.75 Å². The third kappa shape index (κ3) is 4.23. The highest BCUT2D eigenvalue weighted by Gasteiger charge is 2.17. The summed E-state index contributed by atoms with van der Waals surface area (Å²) in [4.78, 5) is 0. The first kappa shape index (κ1) is 15.8. The van der Waals surface area contributed by atoms with Crippen LogP contribution in [0.3, 0.4) is 0 Å². The van der Waals surface area contributed by atoms with Gasteiger partial charge in [0.1, 0.15) is 5.75 Å². The molecular weight excluding hydrogens is 314 g/mol. The second-order valence-corrected chi connectivity index (χ2v) is 6.67. The molecule has 1 saturated carbocycles. The number of halogens is 1. The SMILES string of the molecule is CNC(CCC1CCCCC1)c1ccc(OC)c(Br)c1. The third-order valence-electron chi connectivity index (χ3n) is 4.52. The summed E-state index contributed by atoms with van der Waals surface area (Å²) >= 11 is 3.58. The zero-order valence-corrected chi connectivity index (χ0v) is 14.2. The van der Waals surface area contributed by atoms with Crippen LogP contribution in [0.25, 0.3) is 0 Å². The van der Waals surface area contributed by atoms with E-state index in [9.17, 15) is 0 Å². The number of methoxy groups -OCH3 is 1. The summed E-state index contributed by atoms with van der Waals surface area (Å²) < 4.78 is 6.34. The largest absolute Gasteiger partial charge is 0.496 e. The predicted molar refractivity (Wildman–Crippen MR) is 88.3 cm³/mol. The fraction of sp³-hybridized carbons (Fsp3) is 0.647. The molecule has 0 aliphatic heterocycles. The van der Waals surface area contributed by atoms with Crippen molar-refractivity contribution in [1.29, 1.82) is 0 Å². The molecule has 1 aliphatic rings. The van der Waals surface area contributed by atoms with Crippen molar-refractivity contribution >= 4 is 15.9 Å². The van der Waals surface area contributed by atoms with Crippen LogP contribution in [0.4, 0.5) is 0 Å². The van der Waals surface area contributed by atoms with Crippen molar-refractivity contribution in [2.24, 2.45) is 5.92 Å². The Morgan fingerprint density at radius 2 is 2.05 bits per heavy atom. The van der Waals surface area contributed by atoms with Gasteiger partial charge in [0.2, 0.25) is 0 Å². The van der Waals surface area contributed by atoms with Gasteiger partial charge >= 0.3 is 0 Å². The van der Waals surface area contributed by atoms with Crippen molar-refractivity contribution in [1.82, 2.24) is 5.32 Å². The summed E-state index contributed by atoms with van der Waals surface area (Å²) in [7, 11) is 3.77. The molecule has 1 aliphatic carbocycles. The topological polar surface area (TPSA) is 21.3 Å². The Morgan fingerprint density at radius 3 is 2.65 bits per heavy atom. The van der Waals surface area contributed by atoms with Crippen molar-refractivity contribution in [3.63, 3.8) is 0 Å². The predicted octanol–water partition coefficient (Wildman–Crippen LogP) is 5.08. The molecule has 0 spiro atoms. The van der Waals surface area contributed by atoms with Gasteiger partial charge in [0.25, 0.3) is 0 Å². The fourth-order valence-electron chi connectivity index (χ4n) is 3.26. The summed E-state index contributed by atoms with van der Waals surface area (Å²) in [5.74, 6) is 1.84. The van der Waals surface area contributed by atoms with Crippen molar-refractivity contribution in [2.75, 3.05) is 14.2 Å². The van der Waals surface area contributed by atoms with Crippen LogP contribution in [0.15, 0.2) is 22.7 Å². The number of rotatable bonds is 6. The third-order valence-corrected chi connectivity index (χ3v) is 5.13. The van der Waals surface area contributed by atoms with E-state index in [0.717, 1.165) is 16.1 Å². The van der Waals surface area contributed by atoms with Gasteiger partial charge in [-0.1, -0.05) is 38.2 Å². The molecule has 1 fully saturated rings. The average Bonchev–Trinajstić information content (AvgIpc) is 2.49. The molecule has 1 unspecified atom stereocenters. The first-order valence-corrected chi connectivity index (χ1v) is 8.54. The van der Waals surface area contributed by atoms with Gasteiger partial charge in [-0.15, -0.1) is 0 Å². The number of hydrogen-bond donors (Lipinski definition) is 1.